The molecule has 0 aromatic heterocycles. The molecule has 1 unspecified atom stereocenters. The Bertz CT molecular complexity index is 123. The van der Waals surface area contributed by atoms with Gasteiger partial charge in [0, 0.05) is 19.2 Å². The molecule has 0 heterocycles. The third kappa shape index (κ3) is 6.05. The molecule has 1 rings (SSSR count). The van der Waals surface area contributed by atoms with E-state index in [1.54, 1.807) is 0 Å². The molecule has 1 atom stereocenters. The van der Waals surface area contributed by atoms with Crippen molar-refractivity contribution in [2.75, 3.05) is 19.8 Å². The summed E-state index contributed by atoms with van der Waals surface area (Å²) < 4.78 is 5.52. The monoisotopic (exact) mass is 185 g/mol. The maximum Gasteiger partial charge on any atom is 0.0591 e. The van der Waals surface area contributed by atoms with Crippen molar-refractivity contribution in [1.29, 1.82) is 0 Å². The molecule has 1 aliphatic carbocycles. The highest BCUT2D eigenvalue weighted by Crippen LogP contribution is 2.31. The fourth-order valence-corrected chi connectivity index (χ4v) is 1.28. The van der Waals surface area contributed by atoms with E-state index in [2.05, 4.69) is 19.2 Å². The molecule has 0 amide bonds. The van der Waals surface area contributed by atoms with Gasteiger partial charge >= 0.3 is 0 Å². The zero-order chi connectivity index (χ0) is 9.52. The summed E-state index contributed by atoms with van der Waals surface area (Å²) in [5.41, 5.74) is 0. The highest BCUT2D eigenvalue weighted by atomic mass is 16.5. The summed E-state index contributed by atoms with van der Waals surface area (Å²) in [6.07, 6.45) is 5.36. The largest absolute Gasteiger partial charge is 0.380 e. The number of nitrogens with one attached hydrogen (secondary N) is 1. The highest BCUT2D eigenvalue weighted by molar-refractivity contribution is 4.72. The van der Waals surface area contributed by atoms with Gasteiger partial charge in [0.15, 0.2) is 0 Å². The summed E-state index contributed by atoms with van der Waals surface area (Å²) >= 11 is 0. The molecule has 1 aliphatic rings. The van der Waals surface area contributed by atoms with E-state index in [0.717, 1.165) is 25.7 Å². The van der Waals surface area contributed by atoms with E-state index in [0.29, 0.717) is 6.04 Å². The fraction of sp³-hybridized carbons (Fsp3) is 1.00. The molecule has 0 aliphatic heterocycles. The quantitative estimate of drug-likeness (QED) is 0.585. The van der Waals surface area contributed by atoms with E-state index in [9.17, 15) is 0 Å². The average Bonchev–Trinajstić information content (AvgIpc) is 2.94. The van der Waals surface area contributed by atoms with Crippen LogP contribution in [0.2, 0.25) is 0 Å². The number of ether oxygens (including phenoxy) is 1. The molecule has 78 valence electrons. The number of hydrogen-bond acceptors (Lipinski definition) is 2. The maximum absolute atomic E-state index is 5.52. The van der Waals surface area contributed by atoms with Crippen molar-refractivity contribution < 1.29 is 4.74 Å². The molecule has 2 heteroatoms. The normalized spacial score (nSPS) is 18.9. The van der Waals surface area contributed by atoms with Crippen LogP contribution in [0.15, 0.2) is 0 Å². The van der Waals surface area contributed by atoms with Gasteiger partial charge in [-0.25, -0.2) is 0 Å². The first-order valence-electron chi connectivity index (χ1n) is 5.64. The fourth-order valence-electron chi connectivity index (χ4n) is 1.28. The van der Waals surface area contributed by atoms with Gasteiger partial charge in [0.2, 0.25) is 0 Å². The first kappa shape index (κ1) is 11.0. The standard InChI is InChI=1S/C11H23NO/c1-3-10(2)12-7-9-13-8-6-11-4-5-11/h10-12H,3-9H2,1-2H3. The van der Waals surface area contributed by atoms with Crippen molar-refractivity contribution in [2.24, 2.45) is 5.92 Å². The third-order valence-electron chi connectivity index (χ3n) is 2.72. The van der Waals surface area contributed by atoms with Gasteiger partial charge in [0.1, 0.15) is 0 Å². The molecule has 2 nitrogen and oxygen atoms in total. The van der Waals surface area contributed by atoms with Crippen LogP contribution in [0, 0.1) is 5.92 Å². The van der Waals surface area contributed by atoms with Crippen LogP contribution >= 0.6 is 0 Å². The molecule has 1 saturated carbocycles. The van der Waals surface area contributed by atoms with Crippen LogP contribution in [0.25, 0.3) is 0 Å². The second-order valence-corrected chi connectivity index (χ2v) is 4.11. The highest BCUT2D eigenvalue weighted by Gasteiger charge is 2.20. The van der Waals surface area contributed by atoms with Crippen LogP contribution in [0.4, 0.5) is 0 Å². The van der Waals surface area contributed by atoms with Crippen molar-refractivity contribution in [1.82, 2.24) is 5.32 Å². The molecule has 0 saturated heterocycles. The lowest BCUT2D eigenvalue weighted by molar-refractivity contribution is 0.128. The van der Waals surface area contributed by atoms with Crippen LogP contribution in [0.1, 0.15) is 39.5 Å². The second-order valence-electron chi connectivity index (χ2n) is 4.11. The van der Waals surface area contributed by atoms with Crippen molar-refractivity contribution in [3.63, 3.8) is 0 Å². The van der Waals surface area contributed by atoms with Gasteiger partial charge in [-0.2, -0.15) is 0 Å². The van der Waals surface area contributed by atoms with E-state index in [4.69, 9.17) is 4.74 Å². The van der Waals surface area contributed by atoms with Gasteiger partial charge in [-0.1, -0.05) is 19.8 Å². The molecule has 0 spiro atoms. The summed E-state index contributed by atoms with van der Waals surface area (Å²) in [7, 11) is 0. The molecule has 1 N–H and O–H groups in total. The summed E-state index contributed by atoms with van der Waals surface area (Å²) in [5.74, 6) is 1.00. The molecule has 1 fully saturated rings. The summed E-state index contributed by atoms with van der Waals surface area (Å²) in [5, 5.41) is 3.41. The Morgan fingerprint density at radius 2 is 2.15 bits per heavy atom. The number of rotatable bonds is 8. The van der Waals surface area contributed by atoms with Crippen LogP contribution in [-0.2, 0) is 4.74 Å². The lowest BCUT2D eigenvalue weighted by Gasteiger charge is -2.10. The summed E-state index contributed by atoms with van der Waals surface area (Å²) in [4.78, 5) is 0. The molecular weight excluding hydrogens is 162 g/mol. The summed E-state index contributed by atoms with van der Waals surface area (Å²) in [6.45, 7) is 7.25. The van der Waals surface area contributed by atoms with E-state index in [-0.39, 0.29) is 0 Å². The van der Waals surface area contributed by atoms with Crippen molar-refractivity contribution in [3.8, 4) is 0 Å². The van der Waals surface area contributed by atoms with E-state index in [1.807, 2.05) is 0 Å². The first-order chi connectivity index (χ1) is 6.33. The third-order valence-corrected chi connectivity index (χ3v) is 2.72. The first-order valence-corrected chi connectivity index (χ1v) is 5.64. The lowest BCUT2D eigenvalue weighted by Crippen LogP contribution is -2.28. The van der Waals surface area contributed by atoms with Gasteiger partial charge in [-0.15, -0.1) is 0 Å². The van der Waals surface area contributed by atoms with Gasteiger partial charge in [0.05, 0.1) is 6.61 Å². The molecule has 0 aromatic rings. The van der Waals surface area contributed by atoms with E-state index >= 15 is 0 Å². The SMILES string of the molecule is CCC(C)NCCOCCC1CC1. The van der Waals surface area contributed by atoms with Gasteiger partial charge in [-0.05, 0) is 25.7 Å². The van der Waals surface area contributed by atoms with Crippen LogP contribution < -0.4 is 5.32 Å². The Hall–Kier alpha value is -0.0800. The van der Waals surface area contributed by atoms with Gasteiger partial charge < -0.3 is 10.1 Å². The lowest BCUT2D eigenvalue weighted by atomic mass is 10.3. The molecule has 0 radical (unpaired) electrons. The van der Waals surface area contributed by atoms with E-state index < -0.39 is 0 Å². The van der Waals surface area contributed by atoms with Crippen molar-refractivity contribution in [2.45, 2.75) is 45.6 Å². The van der Waals surface area contributed by atoms with Crippen molar-refractivity contribution >= 4 is 0 Å². The predicted octanol–water partition coefficient (Wildman–Crippen LogP) is 2.19. The van der Waals surface area contributed by atoms with Gasteiger partial charge in [-0.3, -0.25) is 0 Å². The minimum absolute atomic E-state index is 0.632. The molecule has 13 heavy (non-hydrogen) atoms. The second kappa shape index (κ2) is 6.39. The Morgan fingerprint density at radius 1 is 1.38 bits per heavy atom. The Morgan fingerprint density at radius 3 is 2.77 bits per heavy atom. The Balaban J connectivity index is 1.72. The number of hydrogen-bond donors (Lipinski definition) is 1. The zero-order valence-corrected chi connectivity index (χ0v) is 9.01. The topological polar surface area (TPSA) is 21.3 Å². The van der Waals surface area contributed by atoms with Crippen molar-refractivity contribution in [3.05, 3.63) is 0 Å². The van der Waals surface area contributed by atoms with Gasteiger partial charge in [0.25, 0.3) is 0 Å². The smallest absolute Gasteiger partial charge is 0.0591 e. The molecule has 0 aromatic carbocycles. The molecule has 0 bridgehead atoms. The Kier molecular flexibility index (Phi) is 5.40. The minimum Gasteiger partial charge on any atom is -0.380 e. The average molecular weight is 185 g/mol. The van der Waals surface area contributed by atoms with Crippen LogP contribution in [0.3, 0.4) is 0 Å². The van der Waals surface area contributed by atoms with Crippen LogP contribution in [-0.4, -0.2) is 25.8 Å². The molecular formula is C11H23NO. The predicted molar refractivity (Wildman–Crippen MR) is 55.9 cm³/mol. The summed E-state index contributed by atoms with van der Waals surface area (Å²) in [6, 6.07) is 0.632. The minimum atomic E-state index is 0.632. The zero-order valence-electron chi connectivity index (χ0n) is 9.01. The maximum atomic E-state index is 5.52. The Labute approximate surface area is 82.0 Å². The van der Waals surface area contributed by atoms with E-state index in [1.165, 1.54) is 25.7 Å². The van der Waals surface area contributed by atoms with Crippen LogP contribution in [0.5, 0.6) is 0 Å².